The van der Waals surface area contributed by atoms with Crippen LogP contribution in [0.2, 0.25) is 0 Å². The molecule has 0 radical (unpaired) electrons. The average Bonchev–Trinajstić information content (AvgIpc) is 2.90. The first-order valence-electron chi connectivity index (χ1n) is 11.5. The van der Waals surface area contributed by atoms with Crippen LogP contribution in [0, 0.1) is 0 Å². The molecular formula is C31H28N2. The van der Waals surface area contributed by atoms with Gasteiger partial charge in [0.1, 0.15) is 0 Å². The molecule has 1 heterocycles. The molecule has 162 valence electrons. The highest BCUT2D eigenvalue weighted by molar-refractivity contribution is 5.79. The predicted octanol–water partition coefficient (Wildman–Crippen LogP) is 7.04. The van der Waals surface area contributed by atoms with Crippen molar-refractivity contribution in [1.29, 1.82) is 0 Å². The van der Waals surface area contributed by atoms with Gasteiger partial charge in [0.25, 0.3) is 0 Å². The van der Waals surface area contributed by atoms with Gasteiger partial charge in [0.15, 0.2) is 0 Å². The lowest BCUT2D eigenvalue weighted by Crippen LogP contribution is -2.30. The van der Waals surface area contributed by atoms with Gasteiger partial charge >= 0.3 is 0 Å². The Morgan fingerprint density at radius 1 is 0.455 bits per heavy atom. The summed E-state index contributed by atoms with van der Waals surface area (Å²) in [6.07, 6.45) is 5.56. The molecule has 1 aliphatic rings. The lowest BCUT2D eigenvalue weighted by atomic mass is 10.0. The molecule has 5 rings (SSSR count). The number of rotatable bonds is 7. The fourth-order valence-electron chi connectivity index (χ4n) is 4.31. The summed E-state index contributed by atoms with van der Waals surface area (Å²) < 4.78 is 0. The molecule has 0 amide bonds. The third-order valence-corrected chi connectivity index (χ3v) is 5.97. The Hall–Kier alpha value is -4.04. The highest BCUT2D eigenvalue weighted by atomic mass is 15.2. The van der Waals surface area contributed by atoms with Gasteiger partial charge in [-0.3, -0.25) is 0 Å². The summed E-state index contributed by atoms with van der Waals surface area (Å²) in [6, 6.07) is 42.9. The highest BCUT2D eigenvalue weighted by Gasteiger charge is 2.23. The van der Waals surface area contributed by atoms with E-state index >= 15 is 0 Å². The van der Waals surface area contributed by atoms with Crippen molar-refractivity contribution in [3.8, 4) is 0 Å². The molecule has 0 atom stereocenters. The normalized spacial score (nSPS) is 13.5. The Labute approximate surface area is 196 Å². The molecule has 0 N–H and O–H groups in total. The Morgan fingerprint density at radius 2 is 0.879 bits per heavy atom. The molecule has 2 heteroatoms. The van der Waals surface area contributed by atoms with Gasteiger partial charge in [0.2, 0.25) is 0 Å². The van der Waals surface area contributed by atoms with Crippen LogP contribution in [0.4, 0.5) is 0 Å². The maximum absolute atomic E-state index is 2.47. The zero-order valence-electron chi connectivity index (χ0n) is 18.7. The van der Waals surface area contributed by atoms with Gasteiger partial charge in [0, 0.05) is 25.5 Å². The number of benzene rings is 4. The molecule has 2 nitrogen and oxygen atoms in total. The Kier molecular flexibility index (Phi) is 6.35. The fraction of sp³-hybridized carbons (Fsp3) is 0.0968. The molecule has 0 spiro atoms. The number of hydrogen-bond donors (Lipinski definition) is 0. The van der Waals surface area contributed by atoms with Gasteiger partial charge in [0.05, 0.1) is 11.4 Å². The minimum absolute atomic E-state index is 0.833. The molecule has 0 saturated heterocycles. The largest absolute Gasteiger partial charge is 0.346 e. The van der Waals surface area contributed by atoms with Gasteiger partial charge in [-0.2, -0.15) is 0 Å². The molecular weight excluding hydrogens is 400 g/mol. The van der Waals surface area contributed by atoms with E-state index in [1.165, 1.54) is 33.6 Å². The summed E-state index contributed by atoms with van der Waals surface area (Å²) in [4.78, 5) is 4.79. The van der Waals surface area contributed by atoms with E-state index in [1.807, 2.05) is 0 Å². The van der Waals surface area contributed by atoms with E-state index in [0.717, 1.165) is 19.5 Å². The molecule has 0 saturated carbocycles. The first-order valence-corrected chi connectivity index (χ1v) is 11.5. The first kappa shape index (κ1) is 20.8. The molecule has 0 bridgehead atoms. The van der Waals surface area contributed by atoms with Crippen molar-refractivity contribution in [3.63, 3.8) is 0 Å². The van der Waals surface area contributed by atoms with E-state index in [-0.39, 0.29) is 0 Å². The minimum Gasteiger partial charge on any atom is -0.346 e. The Bertz CT molecular complexity index is 1160. The van der Waals surface area contributed by atoms with Crippen LogP contribution < -0.4 is 0 Å². The van der Waals surface area contributed by atoms with Gasteiger partial charge in [-0.15, -0.1) is 0 Å². The van der Waals surface area contributed by atoms with Crippen LogP contribution in [0.3, 0.4) is 0 Å². The summed E-state index contributed by atoms with van der Waals surface area (Å²) in [6.45, 7) is 1.74. The van der Waals surface area contributed by atoms with Crippen LogP contribution in [0.1, 0.15) is 22.3 Å². The van der Waals surface area contributed by atoms with Crippen LogP contribution >= 0.6 is 0 Å². The highest BCUT2D eigenvalue weighted by Crippen LogP contribution is 2.34. The van der Waals surface area contributed by atoms with Crippen LogP contribution in [-0.4, -0.2) is 16.3 Å². The van der Waals surface area contributed by atoms with Crippen LogP contribution in [0.25, 0.3) is 11.4 Å². The second-order valence-corrected chi connectivity index (χ2v) is 8.31. The van der Waals surface area contributed by atoms with E-state index in [0.29, 0.717) is 0 Å². The standard InChI is InChI=1S/C31H28N2/c1-5-13-26(14-6-1)21-22-33-30(28-17-9-3-10-18-28)24-32(23-27-15-7-2-8-16-27)25-31(33)29-19-11-4-12-20-29/h1-20,24-25H,21-23H2. The minimum atomic E-state index is 0.833. The zero-order valence-corrected chi connectivity index (χ0v) is 18.7. The number of nitrogens with zero attached hydrogens (tertiary/aromatic N) is 2. The molecule has 0 fully saturated rings. The van der Waals surface area contributed by atoms with Crippen molar-refractivity contribution in [2.24, 2.45) is 0 Å². The average molecular weight is 429 g/mol. The molecule has 4 aromatic rings. The summed E-state index contributed by atoms with van der Waals surface area (Å²) in [7, 11) is 0. The van der Waals surface area contributed by atoms with Crippen molar-refractivity contribution < 1.29 is 0 Å². The third kappa shape index (κ3) is 5.07. The van der Waals surface area contributed by atoms with Crippen molar-refractivity contribution in [2.45, 2.75) is 13.0 Å². The van der Waals surface area contributed by atoms with Gasteiger partial charge in [-0.1, -0.05) is 121 Å². The van der Waals surface area contributed by atoms with E-state index in [9.17, 15) is 0 Å². The molecule has 33 heavy (non-hydrogen) atoms. The molecule has 0 unspecified atom stereocenters. The predicted molar refractivity (Wildman–Crippen MR) is 138 cm³/mol. The van der Waals surface area contributed by atoms with E-state index in [2.05, 4.69) is 144 Å². The summed E-state index contributed by atoms with van der Waals surface area (Å²) in [5.74, 6) is 0. The lowest BCUT2D eigenvalue weighted by Gasteiger charge is -2.37. The zero-order chi connectivity index (χ0) is 22.3. The molecule has 0 aromatic heterocycles. The Balaban J connectivity index is 1.55. The van der Waals surface area contributed by atoms with Crippen LogP contribution in [-0.2, 0) is 13.0 Å². The van der Waals surface area contributed by atoms with E-state index < -0.39 is 0 Å². The van der Waals surface area contributed by atoms with Gasteiger partial charge in [-0.25, -0.2) is 0 Å². The molecule has 4 aromatic carbocycles. The maximum atomic E-state index is 2.47. The summed E-state index contributed by atoms with van der Waals surface area (Å²) in [5.41, 5.74) is 7.55. The third-order valence-electron chi connectivity index (χ3n) is 5.97. The quantitative estimate of drug-likeness (QED) is 0.311. The maximum Gasteiger partial charge on any atom is 0.0650 e. The Morgan fingerprint density at radius 3 is 1.36 bits per heavy atom. The van der Waals surface area contributed by atoms with Crippen LogP contribution in [0.5, 0.6) is 0 Å². The van der Waals surface area contributed by atoms with Crippen molar-refractivity contribution in [1.82, 2.24) is 9.80 Å². The summed E-state index contributed by atoms with van der Waals surface area (Å²) >= 11 is 0. The second-order valence-electron chi connectivity index (χ2n) is 8.31. The van der Waals surface area contributed by atoms with Gasteiger partial charge < -0.3 is 9.80 Å². The fourth-order valence-corrected chi connectivity index (χ4v) is 4.31. The number of hydrogen-bond acceptors (Lipinski definition) is 2. The van der Waals surface area contributed by atoms with Crippen molar-refractivity contribution >= 4 is 11.4 Å². The van der Waals surface area contributed by atoms with Crippen molar-refractivity contribution in [3.05, 3.63) is 156 Å². The van der Waals surface area contributed by atoms with E-state index in [4.69, 9.17) is 0 Å². The molecule has 0 aliphatic carbocycles. The monoisotopic (exact) mass is 428 g/mol. The summed E-state index contributed by atoms with van der Waals surface area (Å²) in [5, 5.41) is 0. The molecule has 1 aliphatic heterocycles. The van der Waals surface area contributed by atoms with E-state index in [1.54, 1.807) is 0 Å². The lowest BCUT2D eigenvalue weighted by molar-refractivity contribution is 0.449. The first-order chi connectivity index (χ1) is 16.4. The SMILES string of the molecule is C1=C(c2ccccc2)N(CCc2ccccc2)C(c2ccccc2)=CN1Cc1ccccc1. The second kappa shape index (κ2) is 10.1. The van der Waals surface area contributed by atoms with Gasteiger partial charge in [-0.05, 0) is 28.7 Å². The topological polar surface area (TPSA) is 6.48 Å². The smallest absolute Gasteiger partial charge is 0.0650 e. The van der Waals surface area contributed by atoms with Crippen LogP contribution in [0.15, 0.2) is 134 Å². The van der Waals surface area contributed by atoms with Crippen molar-refractivity contribution in [2.75, 3.05) is 6.54 Å².